The van der Waals surface area contributed by atoms with E-state index in [-0.39, 0.29) is 5.91 Å². The summed E-state index contributed by atoms with van der Waals surface area (Å²) in [6.07, 6.45) is 9.83. The lowest BCUT2D eigenvalue weighted by molar-refractivity contribution is -0.122. The van der Waals surface area contributed by atoms with Crippen molar-refractivity contribution in [3.05, 3.63) is 0 Å². The number of hydrogen-bond donors (Lipinski definition) is 1. The van der Waals surface area contributed by atoms with Gasteiger partial charge in [0.1, 0.15) is 0 Å². The highest BCUT2D eigenvalue weighted by molar-refractivity contribution is 9.09. The number of carbonyl (C=O) groups is 1. The van der Waals surface area contributed by atoms with Crippen LogP contribution in [0.25, 0.3) is 0 Å². The summed E-state index contributed by atoms with van der Waals surface area (Å²) in [7, 11) is 0. The summed E-state index contributed by atoms with van der Waals surface area (Å²) in [6, 6.07) is 0. The van der Waals surface area contributed by atoms with Crippen LogP contribution in [0.3, 0.4) is 0 Å². The second-order valence-corrected chi connectivity index (χ2v) is 6.18. The third-order valence-corrected chi connectivity index (χ3v) is 5.22. The number of carbonyl (C=O) groups excluding carboxylic acids is 1. The van der Waals surface area contributed by atoms with Crippen molar-refractivity contribution in [1.82, 2.24) is 5.32 Å². The van der Waals surface area contributed by atoms with Crippen molar-refractivity contribution in [3.63, 3.8) is 0 Å². The minimum Gasteiger partial charge on any atom is -0.356 e. The number of hydrogen-bond acceptors (Lipinski definition) is 1. The summed E-state index contributed by atoms with van der Waals surface area (Å²) < 4.78 is 0. The van der Waals surface area contributed by atoms with Crippen molar-refractivity contribution < 1.29 is 4.79 Å². The number of rotatable bonds is 5. The van der Waals surface area contributed by atoms with Gasteiger partial charge in [-0.2, -0.15) is 0 Å². The van der Waals surface area contributed by atoms with E-state index >= 15 is 0 Å². The summed E-state index contributed by atoms with van der Waals surface area (Å²) >= 11 is 3.63. The molecule has 2 saturated carbocycles. The average molecular weight is 288 g/mol. The number of nitrogens with one attached hydrogen (secondary N) is 1. The molecule has 0 aliphatic heterocycles. The van der Waals surface area contributed by atoms with Gasteiger partial charge >= 0.3 is 0 Å². The molecule has 0 aromatic rings. The lowest BCUT2D eigenvalue weighted by Gasteiger charge is -2.35. The average Bonchev–Trinajstić information content (AvgIpc) is 3.12. The van der Waals surface area contributed by atoms with Gasteiger partial charge in [-0.15, -0.1) is 0 Å². The first-order chi connectivity index (χ1) is 7.74. The predicted octanol–water partition coefficient (Wildman–Crippen LogP) is 3.25. The number of amides is 1. The minimum atomic E-state index is 0.272. The van der Waals surface area contributed by atoms with Crippen LogP contribution in [-0.2, 0) is 4.79 Å². The normalized spacial score (nSPS) is 24.1. The molecule has 3 heteroatoms. The van der Waals surface area contributed by atoms with Crippen LogP contribution in [0.15, 0.2) is 0 Å². The van der Waals surface area contributed by atoms with Crippen LogP contribution in [0.5, 0.6) is 0 Å². The van der Waals surface area contributed by atoms with Crippen LogP contribution in [0, 0.1) is 11.3 Å². The van der Waals surface area contributed by atoms with Crippen molar-refractivity contribution >= 4 is 21.8 Å². The number of halogens is 1. The van der Waals surface area contributed by atoms with Crippen LogP contribution in [-0.4, -0.2) is 17.8 Å². The van der Waals surface area contributed by atoms with E-state index in [1.165, 1.54) is 44.9 Å². The molecule has 0 unspecified atom stereocenters. The molecule has 0 heterocycles. The fourth-order valence-electron chi connectivity index (χ4n) is 2.60. The van der Waals surface area contributed by atoms with Crippen molar-refractivity contribution in [1.29, 1.82) is 0 Å². The van der Waals surface area contributed by atoms with E-state index in [9.17, 15) is 4.79 Å². The standard InChI is InChI=1S/C13H22BrNO/c14-9-13(6-2-1-3-7-13)10-15-12(16)8-11-4-5-11/h11H,1-10H2,(H,15,16). The van der Waals surface area contributed by atoms with Crippen LogP contribution in [0.1, 0.15) is 51.4 Å². The van der Waals surface area contributed by atoms with Gasteiger partial charge in [0.15, 0.2) is 0 Å². The van der Waals surface area contributed by atoms with Crippen molar-refractivity contribution in [2.45, 2.75) is 51.4 Å². The summed E-state index contributed by atoms with van der Waals surface area (Å²) in [5, 5.41) is 4.18. The maximum Gasteiger partial charge on any atom is 0.220 e. The zero-order chi connectivity index (χ0) is 11.4. The van der Waals surface area contributed by atoms with Crippen molar-refractivity contribution in [3.8, 4) is 0 Å². The fourth-order valence-corrected chi connectivity index (χ4v) is 3.36. The molecule has 0 bridgehead atoms. The molecule has 2 rings (SSSR count). The van der Waals surface area contributed by atoms with E-state index in [1.807, 2.05) is 0 Å². The second-order valence-electron chi connectivity index (χ2n) is 5.62. The first-order valence-corrected chi connectivity index (χ1v) is 7.69. The molecule has 0 spiro atoms. The molecule has 0 radical (unpaired) electrons. The Morgan fingerprint density at radius 2 is 1.94 bits per heavy atom. The van der Waals surface area contributed by atoms with E-state index in [0.717, 1.165) is 18.3 Å². The molecule has 2 fully saturated rings. The molecule has 0 aromatic carbocycles. The third-order valence-electron chi connectivity index (χ3n) is 4.03. The highest BCUT2D eigenvalue weighted by Gasteiger charge is 2.32. The Morgan fingerprint density at radius 3 is 2.50 bits per heavy atom. The molecule has 2 nitrogen and oxygen atoms in total. The molecule has 0 aromatic heterocycles. The van der Waals surface area contributed by atoms with Crippen molar-refractivity contribution in [2.24, 2.45) is 11.3 Å². The Labute approximate surface area is 107 Å². The summed E-state index contributed by atoms with van der Waals surface area (Å²) in [5.74, 6) is 0.972. The zero-order valence-corrected chi connectivity index (χ0v) is 11.5. The lowest BCUT2D eigenvalue weighted by Crippen LogP contribution is -2.40. The SMILES string of the molecule is O=C(CC1CC1)NCC1(CBr)CCCCC1. The van der Waals surface area contributed by atoms with Gasteiger partial charge in [-0.25, -0.2) is 0 Å². The van der Waals surface area contributed by atoms with Gasteiger partial charge in [0.2, 0.25) is 5.91 Å². The Balaban J connectivity index is 1.74. The molecular weight excluding hydrogens is 266 g/mol. The summed E-state index contributed by atoms with van der Waals surface area (Å²) in [4.78, 5) is 11.7. The molecule has 16 heavy (non-hydrogen) atoms. The van der Waals surface area contributed by atoms with Crippen LogP contribution in [0.2, 0.25) is 0 Å². The Morgan fingerprint density at radius 1 is 1.25 bits per heavy atom. The second kappa shape index (κ2) is 5.52. The van der Waals surface area contributed by atoms with Gasteiger partial charge in [0, 0.05) is 18.3 Å². The Bertz CT molecular complexity index is 244. The minimum absolute atomic E-state index is 0.272. The van der Waals surface area contributed by atoms with E-state index in [2.05, 4.69) is 21.2 Å². The highest BCUT2D eigenvalue weighted by atomic mass is 79.9. The maximum atomic E-state index is 11.7. The molecular formula is C13H22BrNO. The maximum absolute atomic E-state index is 11.7. The predicted molar refractivity (Wildman–Crippen MR) is 69.7 cm³/mol. The van der Waals surface area contributed by atoms with E-state index in [4.69, 9.17) is 0 Å². The zero-order valence-electron chi connectivity index (χ0n) is 9.93. The lowest BCUT2D eigenvalue weighted by atomic mass is 9.75. The van der Waals surface area contributed by atoms with Crippen LogP contribution in [0.4, 0.5) is 0 Å². The first kappa shape index (κ1) is 12.4. The van der Waals surface area contributed by atoms with E-state index in [0.29, 0.717) is 11.3 Å². The van der Waals surface area contributed by atoms with Gasteiger partial charge in [-0.1, -0.05) is 35.2 Å². The molecule has 1 N–H and O–H groups in total. The smallest absolute Gasteiger partial charge is 0.220 e. The van der Waals surface area contributed by atoms with Gasteiger partial charge in [0.25, 0.3) is 0 Å². The van der Waals surface area contributed by atoms with Gasteiger partial charge in [-0.05, 0) is 37.0 Å². The quantitative estimate of drug-likeness (QED) is 0.773. The van der Waals surface area contributed by atoms with Crippen LogP contribution >= 0.6 is 15.9 Å². The number of alkyl halides is 1. The van der Waals surface area contributed by atoms with E-state index < -0.39 is 0 Å². The van der Waals surface area contributed by atoms with Gasteiger partial charge in [-0.3, -0.25) is 4.79 Å². The molecule has 2 aliphatic rings. The third kappa shape index (κ3) is 3.47. The molecule has 0 saturated heterocycles. The monoisotopic (exact) mass is 287 g/mol. The largest absolute Gasteiger partial charge is 0.356 e. The summed E-state index contributed by atoms with van der Waals surface area (Å²) in [5.41, 5.74) is 0.345. The molecule has 2 aliphatic carbocycles. The summed E-state index contributed by atoms with van der Waals surface area (Å²) in [6.45, 7) is 0.879. The van der Waals surface area contributed by atoms with Gasteiger partial charge in [0.05, 0.1) is 0 Å². The highest BCUT2D eigenvalue weighted by Crippen LogP contribution is 2.37. The topological polar surface area (TPSA) is 29.1 Å². The van der Waals surface area contributed by atoms with Crippen molar-refractivity contribution in [2.75, 3.05) is 11.9 Å². The Kier molecular flexibility index (Phi) is 4.28. The molecule has 1 amide bonds. The fraction of sp³-hybridized carbons (Fsp3) is 0.923. The van der Waals surface area contributed by atoms with Crippen LogP contribution < -0.4 is 5.32 Å². The molecule has 92 valence electrons. The molecule has 0 atom stereocenters. The first-order valence-electron chi connectivity index (χ1n) is 6.57. The van der Waals surface area contributed by atoms with E-state index in [1.54, 1.807) is 0 Å². The van der Waals surface area contributed by atoms with Gasteiger partial charge < -0.3 is 5.32 Å². The Hall–Kier alpha value is -0.0500.